The number of unbranched alkanes of at least 4 members (excludes halogenated alkanes) is 2. The second-order valence-electron chi connectivity index (χ2n) is 3.25. The monoisotopic (exact) mass is 196 g/mol. The molecule has 0 rings (SSSR count). The van der Waals surface area contributed by atoms with E-state index in [0.29, 0.717) is 0 Å². The van der Waals surface area contributed by atoms with Gasteiger partial charge in [-0.05, 0) is 25.7 Å². The number of hydrogen-bond acceptors (Lipinski definition) is 1. The average molecular weight is 196 g/mol. The molecule has 0 radical (unpaired) electrons. The van der Waals surface area contributed by atoms with Crippen molar-refractivity contribution >= 4 is 5.97 Å². The summed E-state index contributed by atoms with van der Waals surface area (Å²) >= 11 is 0. The summed E-state index contributed by atoms with van der Waals surface area (Å²) in [6.45, 7) is 2.16. The molecule has 0 aliphatic heterocycles. The molecule has 14 heavy (non-hydrogen) atoms. The lowest BCUT2D eigenvalue weighted by molar-refractivity contribution is -0.137. The van der Waals surface area contributed by atoms with Gasteiger partial charge in [-0.1, -0.05) is 37.6 Å². The third-order valence-electron chi connectivity index (χ3n) is 1.82. The Kier molecular flexibility index (Phi) is 9.28. The van der Waals surface area contributed by atoms with Gasteiger partial charge in [-0.2, -0.15) is 0 Å². The van der Waals surface area contributed by atoms with Crippen LogP contribution < -0.4 is 0 Å². The van der Waals surface area contributed by atoms with Crippen LogP contribution in [0.15, 0.2) is 24.3 Å². The summed E-state index contributed by atoms with van der Waals surface area (Å²) in [6, 6.07) is 0. The Morgan fingerprint density at radius 2 is 1.79 bits per heavy atom. The van der Waals surface area contributed by atoms with Gasteiger partial charge >= 0.3 is 5.97 Å². The molecule has 2 heteroatoms. The highest BCUT2D eigenvalue weighted by molar-refractivity contribution is 5.66. The molecule has 80 valence electrons. The highest BCUT2D eigenvalue weighted by Crippen LogP contribution is 1.98. The fourth-order valence-electron chi connectivity index (χ4n) is 1.04. The van der Waals surface area contributed by atoms with Gasteiger partial charge in [0, 0.05) is 6.42 Å². The van der Waals surface area contributed by atoms with Crippen molar-refractivity contribution in [1.82, 2.24) is 0 Å². The summed E-state index contributed by atoms with van der Waals surface area (Å²) < 4.78 is 0. The van der Waals surface area contributed by atoms with E-state index in [1.807, 2.05) is 0 Å². The number of carbonyl (C=O) groups is 1. The third kappa shape index (κ3) is 11.0. The topological polar surface area (TPSA) is 37.3 Å². The Morgan fingerprint density at radius 1 is 1.14 bits per heavy atom. The normalized spacial score (nSPS) is 11.5. The summed E-state index contributed by atoms with van der Waals surface area (Å²) in [5.74, 6) is -0.707. The SMILES string of the molecule is CCC/C=C/C/C=C/CCCC(=O)O. The van der Waals surface area contributed by atoms with Crippen molar-refractivity contribution in [3.63, 3.8) is 0 Å². The standard InChI is InChI=1S/C12H20O2/c1-2-3-4-5-6-7-8-9-10-11-12(13)14/h4-5,7-8H,2-3,6,9-11H2,1H3,(H,13,14)/b5-4+,8-7+. The fourth-order valence-corrected chi connectivity index (χ4v) is 1.04. The van der Waals surface area contributed by atoms with E-state index in [1.54, 1.807) is 0 Å². The number of rotatable bonds is 8. The number of carboxylic acid groups (broad SMARTS) is 1. The van der Waals surface area contributed by atoms with Gasteiger partial charge in [0.1, 0.15) is 0 Å². The molecule has 0 aliphatic rings. The van der Waals surface area contributed by atoms with Gasteiger partial charge in [-0.3, -0.25) is 4.79 Å². The van der Waals surface area contributed by atoms with Crippen molar-refractivity contribution < 1.29 is 9.90 Å². The molecule has 2 nitrogen and oxygen atoms in total. The Labute approximate surface area is 86.3 Å². The zero-order valence-corrected chi connectivity index (χ0v) is 8.91. The number of allylic oxidation sites excluding steroid dienone is 4. The largest absolute Gasteiger partial charge is 0.481 e. The van der Waals surface area contributed by atoms with Crippen molar-refractivity contribution in [3.8, 4) is 0 Å². The van der Waals surface area contributed by atoms with Gasteiger partial charge in [0.25, 0.3) is 0 Å². The van der Waals surface area contributed by atoms with E-state index in [-0.39, 0.29) is 6.42 Å². The van der Waals surface area contributed by atoms with Crippen LogP contribution >= 0.6 is 0 Å². The lowest BCUT2D eigenvalue weighted by atomic mass is 10.2. The van der Waals surface area contributed by atoms with Crippen LogP contribution in [0.5, 0.6) is 0 Å². The van der Waals surface area contributed by atoms with Crippen molar-refractivity contribution in [2.45, 2.75) is 45.4 Å². The van der Waals surface area contributed by atoms with E-state index >= 15 is 0 Å². The van der Waals surface area contributed by atoms with E-state index in [4.69, 9.17) is 5.11 Å². The third-order valence-corrected chi connectivity index (χ3v) is 1.82. The Bertz CT molecular complexity index is 192. The summed E-state index contributed by atoms with van der Waals surface area (Å²) in [6.07, 6.45) is 13.7. The van der Waals surface area contributed by atoms with Crippen molar-refractivity contribution in [3.05, 3.63) is 24.3 Å². The van der Waals surface area contributed by atoms with Crippen LogP contribution in [0.2, 0.25) is 0 Å². The molecule has 0 bridgehead atoms. The van der Waals surface area contributed by atoms with Crippen LogP contribution in [-0.2, 0) is 4.79 Å². The molecule has 0 aromatic heterocycles. The first-order valence-corrected chi connectivity index (χ1v) is 5.29. The van der Waals surface area contributed by atoms with Crippen LogP contribution in [0.4, 0.5) is 0 Å². The van der Waals surface area contributed by atoms with E-state index in [9.17, 15) is 4.79 Å². The minimum Gasteiger partial charge on any atom is -0.481 e. The number of aliphatic carboxylic acids is 1. The van der Waals surface area contributed by atoms with Crippen molar-refractivity contribution in [2.75, 3.05) is 0 Å². The van der Waals surface area contributed by atoms with Gasteiger partial charge < -0.3 is 5.11 Å². The summed E-state index contributed by atoms with van der Waals surface area (Å²) in [5, 5.41) is 8.38. The first kappa shape index (κ1) is 12.9. The van der Waals surface area contributed by atoms with Crippen LogP contribution in [0.1, 0.15) is 45.4 Å². The zero-order chi connectivity index (χ0) is 10.6. The van der Waals surface area contributed by atoms with E-state index in [2.05, 4.69) is 31.2 Å². The molecular weight excluding hydrogens is 176 g/mol. The van der Waals surface area contributed by atoms with E-state index in [1.165, 1.54) is 6.42 Å². The summed E-state index contributed by atoms with van der Waals surface area (Å²) in [7, 11) is 0. The van der Waals surface area contributed by atoms with Crippen molar-refractivity contribution in [1.29, 1.82) is 0 Å². The molecule has 0 aromatic carbocycles. The highest BCUT2D eigenvalue weighted by Gasteiger charge is 1.92. The minimum atomic E-state index is -0.707. The molecule has 0 aromatic rings. The van der Waals surface area contributed by atoms with Crippen molar-refractivity contribution in [2.24, 2.45) is 0 Å². The predicted molar refractivity (Wildman–Crippen MR) is 59.3 cm³/mol. The molecule has 0 heterocycles. The van der Waals surface area contributed by atoms with E-state index < -0.39 is 5.97 Å². The second-order valence-corrected chi connectivity index (χ2v) is 3.25. The maximum atomic E-state index is 10.2. The molecular formula is C12H20O2. The summed E-state index contributed by atoms with van der Waals surface area (Å²) in [5.41, 5.74) is 0. The fraction of sp³-hybridized carbons (Fsp3) is 0.583. The van der Waals surface area contributed by atoms with E-state index in [0.717, 1.165) is 25.7 Å². The average Bonchev–Trinajstić information content (AvgIpc) is 2.15. The highest BCUT2D eigenvalue weighted by atomic mass is 16.4. The summed E-state index contributed by atoms with van der Waals surface area (Å²) in [4.78, 5) is 10.2. The predicted octanol–water partition coefficient (Wildman–Crippen LogP) is 3.54. The van der Waals surface area contributed by atoms with Gasteiger partial charge in [0.2, 0.25) is 0 Å². The van der Waals surface area contributed by atoms with Crippen LogP contribution in [0, 0.1) is 0 Å². The Morgan fingerprint density at radius 3 is 2.36 bits per heavy atom. The molecule has 0 aliphatic carbocycles. The molecule has 0 amide bonds. The zero-order valence-electron chi connectivity index (χ0n) is 8.91. The molecule has 0 fully saturated rings. The quantitative estimate of drug-likeness (QED) is 0.476. The Hall–Kier alpha value is -1.05. The van der Waals surface area contributed by atoms with Crippen LogP contribution in [-0.4, -0.2) is 11.1 Å². The van der Waals surface area contributed by atoms with Gasteiger partial charge in [-0.15, -0.1) is 0 Å². The molecule has 0 saturated heterocycles. The first-order valence-electron chi connectivity index (χ1n) is 5.29. The van der Waals surface area contributed by atoms with Gasteiger partial charge in [0.05, 0.1) is 0 Å². The molecule has 0 unspecified atom stereocenters. The molecule has 1 N–H and O–H groups in total. The lowest BCUT2D eigenvalue weighted by Crippen LogP contribution is -1.92. The maximum Gasteiger partial charge on any atom is 0.303 e. The maximum absolute atomic E-state index is 10.2. The second kappa shape index (κ2) is 10.0. The van der Waals surface area contributed by atoms with Crippen LogP contribution in [0.3, 0.4) is 0 Å². The molecule has 0 saturated carbocycles. The molecule has 0 spiro atoms. The van der Waals surface area contributed by atoms with Gasteiger partial charge in [-0.25, -0.2) is 0 Å². The van der Waals surface area contributed by atoms with Crippen LogP contribution in [0.25, 0.3) is 0 Å². The van der Waals surface area contributed by atoms with Gasteiger partial charge in [0.15, 0.2) is 0 Å². The first-order chi connectivity index (χ1) is 6.77. The minimum absolute atomic E-state index is 0.274. The number of hydrogen-bond donors (Lipinski definition) is 1. The lowest BCUT2D eigenvalue weighted by Gasteiger charge is -1.89. The smallest absolute Gasteiger partial charge is 0.303 e. The number of carboxylic acids is 1. The Balaban J connectivity index is 3.23. The molecule has 0 atom stereocenters.